The Balaban J connectivity index is 1.63. The third-order valence-electron chi connectivity index (χ3n) is 5.63. The number of thiocarbonyl (C=S) groups is 1. The zero-order chi connectivity index (χ0) is 19.5. The van der Waals surface area contributed by atoms with E-state index in [1.165, 1.54) is 5.69 Å². The maximum absolute atomic E-state index is 5.78. The van der Waals surface area contributed by atoms with Crippen molar-refractivity contribution in [3.63, 3.8) is 0 Å². The molecule has 2 aromatic rings. The van der Waals surface area contributed by atoms with E-state index in [9.17, 15) is 0 Å². The summed E-state index contributed by atoms with van der Waals surface area (Å²) < 4.78 is 7.83. The predicted molar refractivity (Wildman–Crippen MR) is 114 cm³/mol. The van der Waals surface area contributed by atoms with Gasteiger partial charge in [0.2, 0.25) is 0 Å². The Kier molecular flexibility index (Phi) is 5.94. The van der Waals surface area contributed by atoms with Crippen molar-refractivity contribution in [1.29, 1.82) is 0 Å². The molecule has 2 aromatic heterocycles. The molecule has 28 heavy (non-hydrogen) atoms. The summed E-state index contributed by atoms with van der Waals surface area (Å²) >= 11 is 5.78. The van der Waals surface area contributed by atoms with Crippen LogP contribution in [0.2, 0.25) is 0 Å². The van der Waals surface area contributed by atoms with Crippen molar-refractivity contribution in [2.24, 2.45) is 0 Å². The van der Waals surface area contributed by atoms with Crippen LogP contribution in [0.4, 0.5) is 0 Å². The number of ether oxygens (including phenoxy) is 1. The second-order valence-corrected chi connectivity index (χ2v) is 8.09. The summed E-state index contributed by atoms with van der Waals surface area (Å²) in [5, 5.41) is 4.36. The van der Waals surface area contributed by atoms with Gasteiger partial charge in [-0.15, -0.1) is 0 Å². The average Bonchev–Trinajstić information content (AvgIpc) is 3.32. The van der Waals surface area contributed by atoms with E-state index in [0.717, 1.165) is 50.2 Å². The summed E-state index contributed by atoms with van der Waals surface area (Å²) in [5.41, 5.74) is 2.31. The molecule has 0 aliphatic carbocycles. The van der Waals surface area contributed by atoms with Gasteiger partial charge in [0, 0.05) is 50.3 Å². The molecule has 7 heteroatoms. The first kappa shape index (κ1) is 19.4. The van der Waals surface area contributed by atoms with Crippen LogP contribution in [0.15, 0.2) is 42.7 Å². The lowest BCUT2D eigenvalue weighted by atomic mass is 10.0. The van der Waals surface area contributed by atoms with Gasteiger partial charge in [-0.25, -0.2) is 0 Å². The van der Waals surface area contributed by atoms with Gasteiger partial charge >= 0.3 is 0 Å². The molecule has 4 heterocycles. The van der Waals surface area contributed by atoms with Crippen LogP contribution in [0, 0.1) is 0 Å². The number of hydrogen-bond donors (Lipinski definition) is 1. The fraction of sp³-hybridized carbons (Fsp3) is 0.524. The molecule has 4 rings (SSSR count). The van der Waals surface area contributed by atoms with E-state index in [4.69, 9.17) is 17.0 Å². The molecular formula is C21H29N5OS. The molecular weight excluding hydrogens is 370 g/mol. The molecule has 0 saturated carbocycles. The third kappa shape index (κ3) is 3.92. The largest absolute Gasteiger partial charge is 0.379 e. The number of morpholine rings is 1. The molecule has 2 aliphatic rings. The Morgan fingerprint density at radius 2 is 2.00 bits per heavy atom. The van der Waals surface area contributed by atoms with E-state index in [-0.39, 0.29) is 12.1 Å². The van der Waals surface area contributed by atoms with Crippen LogP contribution >= 0.6 is 12.2 Å². The van der Waals surface area contributed by atoms with E-state index in [0.29, 0.717) is 6.04 Å². The smallest absolute Gasteiger partial charge is 0.170 e. The normalized spacial score (nSPS) is 23.4. The molecule has 0 aromatic carbocycles. The van der Waals surface area contributed by atoms with Gasteiger partial charge in [0.15, 0.2) is 5.11 Å². The zero-order valence-corrected chi connectivity index (χ0v) is 17.4. The summed E-state index contributed by atoms with van der Waals surface area (Å²) in [6, 6.07) is 11.0. The minimum absolute atomic E-state index is 0.0470. The van der Waals surface area contributed by atoms with Gasteiger partial charge in [-0.1, -0.05) is 6.07 Å². The highest BCUT2D eigenvalue weighted by molar-refractivity contribution is 7.80. The van der Waals surface area contributed by atoms with Crippen molar-refractivity contribution in [3.05, 3.63) is 54.1 Å². The second kappa shape index (κ2) is 8.59. The van der Waals surface area contributed by atoms with Crippen LogP contribution in [0.5, 0.6) is 0 Å². The first-order chi connectivity index (χ1) is 13.6. The standard InChI is InChI=1S/C21H29N5OS/c1-16(2)25-9-5-7-18(25)20-19(17-6-3-4-8-22-17)23-21(28)26(20)11-10-24-12-14-27-15-13-24/h3-9,16,19-20H,10-15H2,1-2H3,(H,23,28)/t19-,20-/m1/s1. The number of aromatic nitrogens is 2. The monoisotopic (exact) mass is 399 g/mol. The fourth-order valence-electron chi connectivity index (χ4n) is 4.17. The fourth-order valence-corrected chi connectivity index (χ4v) is 4.50. The Morgan fingerprint density at radius 1 is 1.18 bits per heavy atom. The number of nitrogens with zero attached hydrogens (tertiary/aromatic N) is 4. The van der Waals surface area contributed by atoms with E-state index >= 15 is 0 Å². The van der Waals surface area contributed by atoms with Crippen LogP contribution in [-0.4, -0.2) is 63.9 Å². The lowest BCUT2D eigenvalue weighted by molar-refractivity contribution is 0.0349. The summed E-state index contributed by atoms with van der Waals surface area (Å²) in [6.45, 7) is 9.94. The molecule has 2 atom stereocenters. The van der Waals surface area contributed by atoms with E-state index in [1.54, 1.807) is 0 Å². The van der Waals surface area contributed by atoms with E-state index in [2.05, 4.69) is 62.9 Å². The Bertz CT molecular complexity index is 787. The maximum atomic E-state index is 5.78. The Labute approximate surface area is 172 Å². The molecule has 6 nitrogen and oxygen atoms in total. The minimum atomic E-state index is 0.0470. The molecule has 0 bridgehead atoms. The highest BCUT2D eigenvalue weighted by atomic mass is 32.1. The van der Waals surface area contributed by atoms with E-state index < -0.39 is 0 Å². The summed E-state index contributed by atoms with van der Waals surface area (Å²) in [6.07, 6.45) is 4.02. The van der Waals surface area contributed by atoms with Crippen LogP contribution in [0.25, 0.3) is 0 Å². The molecule has 0 spiro atoms. The van der Waals surface area contributed by atoms with Gasteiger partial charge in [0.1, 0.15) is 0 Å². The minimum Gasteiger partial charge on any atom is -0.379 e. The van der Waals surface area contributed by atoms with Gasteiger partial charge < -0.3 is 19.5 Å². The van der Waals surface area contributed by atoms with E-state index in [1.807, 2.05) is 18.3 Å². The topological polar surface area (TPSA) is 45.6 Å². The molecule has 1 N–H and O–H groups in total. The predicted octanol–water partition coefficient (Wildman–Crippen LogP) is 2.77. The van der Waals surface area contributed by atoms with Crippen molar-refractivity contribution in [3.8, 4) is 0 Å². The molecule has 0 unspecified atom stereocenters. The summed E-state index contributed by atoms with van der Waals surface area (Å²) in [7, 11) is 0. The van der Waals surface area contributed by atoms with Gasteiger partial charge in [0.25, 0.3) is 0 Å². The zero-order valence-electron chi connectivity index (χ0n) is 16.6. The van der Waals surface area contributed by atoms with Gasteiger partial charge in [-0.05, 0) is 50.3 Å². The molecule has 2 aliphatic heterocycles. The van der Waals surface area contributed by atoms with Gasteiger partial charge in [-0.2, -0.15) is 0 Å². The molecule has 2 saturated heterocycles. The third-order valence-corrected chi connectivity index (χ3v) is 5.98. The number of rotatable bonds is 6. The van der Waals surface area contributed by atoms with Crippen LogP contribution in [0.3, 0.4) is 0 Å². The van der Waals surface area contributed by atoms with Crippen molar-refractivity contribution in [2.45, 2.75) is 32.0 Å². The second-order valence-electron chi connectivity index (χ2n) is 7.71. The number of hydrogen-bond acceptors (Lipinski definition) is 4. The average molecular weight is 400 g/mol. The highest BCUT2D eigenvalue weighted by Gasteiger charge is 2.41. The summed E-state index contributed by atoms with van der Waals surface area (Å²) in [5.74, 6) is 0. The van der Waals surface area contributed by atoms with Gasteiger partial charge in [0.05, 0.1) is 31.0 Å². The SMILES string of the molecule is CC(C)n1cccc1[C@@H]1[C@@H](c2ccccn2)NC(=S)N1CCN1CCOCC1. The summed E-state index contributed by atoms with van der Waals surface area (Å²) in [4.78, 5) is 9.43. The van der Waals surface area contributed by atoms with Crippen molar-refractivity contribution in [1.82, 2.24) is 24.7 Å². The van der Waals surface area contributed by atoms with Crippen LogP contribution in [0.1, 0.15) is 43.4 Å². The maximum Gasteiger partial charge on any atom is 0.170 e. The Morgan fingerprint density at radius 3 is 2.71 bits per heavy atom. The van der Waals surface area contributed by atoms with Crippen molar-refractivity contribution in [2.75, 3.05) is 39.4 Å². The number of pyridine rings is 1. The van der Waals surface area contributed by atoms with Crippen molar-refractivity contribution < 1.29 is 4.74 Å². The molecule has 0 amide bonds. The van der Waals surface area contributed by atoms with Crippen molar-refractivity contribution >= 4 is 17.3 Å². The quantitative estimate of drug-likeness (QED) is 0.754. The Hall–Kier alpha value is -1.96. The lowest BCUT2D eigenvalue weighted by Gasteiger charge is -2.33. The van der Waals surface area contributed by atoms with Gasteiger partial charge in [-0.3, -0.25) is 9.88 Å². The first-order valence-electron chi connectivity index (χ1n) is 10.1. The first-order valence-corrected chi connectivity index (χ1v) is 10.5. The molecule has 150 valence electrons. The molecule has 2 fully saturated rings. The highest BCUT2D eigenvalue weighted by Crippen LogP contribution is 2.39. The van der Waals surface area contributed by atoms with Crippen LogP contribution < -0.4 is 5.32 Å². The lowest BCUT2D eigenvalue weighted by Crippen LogP contribution is -2.42. The molecule has 0 radical (unpaired) electrons. The van der Waals surface area contributed by atoms with Crippen LogP contribution in [-0.2, 0) is 4.74 Å². The number of nitrogens with one attached hydrogen (secondary N) is 1.